The Kier molecular flexibility index (Phi) is 8.33. The van der Waals surface area contributed by atoms with Crippen molar-refractivity contribution in [1.29, 1.82) is 0 Å². The molecule has 0 aliphatic rings. The summed E-state index contributed by atoms with van der Waals surface area (Å²) in [5.41, 5.74) is 0. The van der Waals surface area contributed by atoms with Gasteiger partial charge in [0.2, 0.25) is 0 Å². The number of carboxylic acid groups (broad SMARTS) is 1. The van der Waals surface area contributed by atoms with E-state index in [1.165, 1.54) is 0 Å². The van der Waals surface area contributed by atoms with Crippen LogP contribution in [-0.2, 0) is 4.79 Å². The van der Waals surface area contributed by atoms with Crippen LogP contribution in [0.4, 0.5) is 0 Å². The van der Waals surface area contributed by atoms with E-state index in [0.29, 0.717) is 5.92 Å². The Balaban J connectivity index is 3.33. The predicted molar refractivity (Wildman–Crippen MR) is 59.8 cm³/mol. The fourth-order valence-corrected chi connectivity index (χ4v) is 1.38. The molecule has 0 unspecified atom stereocenters. The van der Waals surface area contributed by atoms with Gasteiger partial charge in [-0.3, -0.25) is 4.79 Å². The quantitative estimate of drug-likeness (QED) is 0.508. The molecule has 0 spiro atoms. The van der Waals surface area contributed by atoms with Crippen LogP contribution in [0.15, 0.2) is 0 Å². The topological polar surface area (TPSA) is 69.6 Å². The number of hydrogen-bond acceptors (Lipinski definition) is 3. The number of aliphatic carboxylic acids is 1. The number of unbranched alkanes of at least 4 members (excludes halogenated alkanes) is 2. The van der Waals surface area contributed by atoms with E-state index in [0.717, 1.165) is 25.8 Å². The molecule has 0 bridgehead atoms. The summed E-state index contributed by atoms with van der Waals surface area (Å²) < 4.78 is 0. The van der Waals surface area contributed by atoms with Gasteiger partial charge in [0.05, 0.1) is 6.61 Å². The first-order valence-electron chi connectivity index (χ1n) is 5.64. The average Bonchev–Trinajstić information content (AvgIpc) is 2.15. The van der Waals surface area contributed by atoms with Gasteiger partial charge in [-0.25, -0.2) is 0 Å². The summed E-state index contributed by atoms with van der Waals surface area (Å²) in [5, 5.41) is 20.7. The van der Waals surface area contributed by atoms with Gasteiger partial charge in [-0.2, -0.15) is 0 Å². The number of hydrogen-bond donors (Lipinski definition) is 3. The molecule has 1 atom stereocenters. The van der Waals surface area contributed by atoms with Crippen LogP contribution >= 0.6 is 0 Å². The zero-order valence-electron chi connectivity index (χ0n) is 9.70. The summed E-state index contributed by atoms with van der Waals surface area (Å²) in [5.74, 6) is -0.299. The third-order valence-electron chi connectivity index (χ3n) is 2.48. The van der Waals surface area contributed by atoms with Gasteiger partial charge >= 0.3 is 5.97 Å². The van der Waals surface area contributed by atoms with Crippen LogP contribution in [0.3, 0.4) is 0 Å². The standard InChI is InChI=1S/C11H23NO3/c1-9(2)10(8-13)12-7-5-3-4-6-11(14)15/h9-10,12-13H,3-8H2,1-2H3,(H,14,15)/t10-/m1/s1. The van der Waals surface area contributed by atoms with Gasteiger partial charge in [-0.15, -0.1) is 0 Å². The maximum atomic E-state index is 10.2. The fraction of sp³-hybridized carbons (Fsp3) is 0.909. The summed E-state index contributed by atoms with van der Waals surface area (Å²) in [6.07, 6.45) is 2.89. The lowest BCUT2D eigenvalue weighted by atomic mass is 10.1. The minimum atomic E-state index is -0.724. The Labute approximate surface area is 91.7 Å². The van der Waals surface area contributed by atoms with Crippen molar-refractivity contribution in [1.82, 2.24) is 5.32 Å². The highest BCUT2D eigenvalue weighted by molar-refractivity contribution is 5.66. The van der Waals surface area contributed by atoms with Crippen LogP contribution < -0.4 is 5.32 Å². The van der Waals surface area contributed by atoms with E-state index in [9.17, 15) is 4.79 Å². The van der Waals surface area contributed by atoms with E-state index >= 15 is 0 Å². The van der Waals surface area contributed by atoms with Crippen LogP contribution in [-0.4, -0.2) is 35.4 Å². The number of carboxylic acids is 1. The Hall–Kier alpha value is -0.610. The highest BCUT2D eigenvalue weighted by Gasteiger charge is 2.09. The van der Waals surface area contributed by atoms with Crippen molar-refractivity contribution >= 4 is 5.97 Å². The molecule has 4 heteroatoms. The van der Waals surface area contributed by atoms with Crippen LogP contribution in [0.5, 0.6) is 0 Å². The molecule has 0 saturated carbocycles. The first kappa shape index (κ1) is 14.4. The molecule has 0 aliphatic carbocycles. The van der Waals surface area contributed by atoms with E-state index in [2.05, 4.69) is 19.2 Å². The summed E-state index contributed by atoms with van der Waals surface area (Å²) in [7, 11) is 0. The lowest BCUT2D eigenvalue weighted by molar-refractivity contribution is -0.137. The molecule has 15 heavy (non-hydrogen) atoms. The van der Waals surface area contributed by atoms with E-state index in [4.69, 9.17) is 10.2 Å². The number of aliphatic hydroxyl groups excluding tert-OH is 1. The van der Waals surface area contributed by atoms with Crippen LogP contribution in [0.1, 0.15) is 39.5 Å². The van der Waals surface area contributed by atoms with Crippen molar-refractivity contribution in [3.05, 3.63) is 0 Å². The number of nitrogens with one attached hydrogen (secondary N) is 1. The Morgan fingerprint density at radius 3 is 2.40 bits per heavy atom. The molecule has 0 aromatic rings. The van der Waals surface area contributed by atoms with Crippen molar-refractivity contribution in [2.75, 3.05) is 13.2 Å². The second kappa shape index (κ2) is 8.68. The van der Waals surface area contributed by atoms with Gasteiger partial charge in [0, 0.05) is 12.5 Å². The molecule has 0 saturated heterocycles. The van der Waals surface area contributed by atoms with Crippen LogP contribution in [0.2, 0.25) is 0 Å². The lowest BCUT2D eigenvalue weighted by Crippen LogP contribution is -2.37. The lowest BCUT2D eigenvalue weighted by Gasteiger charge is -2.19. The van der Waals surface area contributed by atoms with E-state index < -0.39 is 5.97 Å². The van der Waals surface area contributed by atoms with Crippen molar-refractivity contribution in [3.8, 4) is 0 Å². The van der Waals surface area contributed by atoms with E-state index in [1.54, 1.807) is 0 Å². The second-order valence-electron chi connectivity index (χ2n) is 4.19. The van der Waals surface area contributed by atoms with Crippen LogP contribution in [0, 0.1) is 5.92 Å². The highest BCUT2D eigenvalue weighted by atomic mass is 16.4. The van der Waals surface area contributed by atoms with Crippen molar-refractivity contribution in [2.45, 2.75) is 45.6 Å². The van der Waals surface area contributed by atoms with Crippen molar-refractivity contribution in [3.63, 3.8) is 0 Å². The molecular formula is C11H23NO3. The molecular weight excluding hydrogens is 194 g/mol. The zero-order chi connectivity index (χ0) is 11.7. The Morgan fingerprint density at radius 1 is 1.27 bits per heavy atom. The minimum Gasteiger partial charge on any atom is -0.481 e. The minimum absolute atomic E-state index is 0.157. The normalized spacial score (nSPS) is 13.1. The van der Waals surface area contributed by atoms with Gasteiger partial charge < -0.3 is 15.5 Å². The SMILES string of the molecule is CC(C)[C@@H](CO)NCCCCCC(=O)O. The largest absolute Gasteiger partial charge is 0.481 e. The maximum absolute atomic E-state index is 10.2. The number of carbonyl (C=O) groups is 1. The molecule has 3 N–H and O–H groups in total. The summed E-state index contributed by atoms with van der Waals surface area (Å²) >= 11 is 0. The predicted octanol–water partition coefficient (Wildman–Crippen LogP) is 1.24. The smallest absolute Gasteiger partial charge is 0.303 e. The zero-order valence-corrected chi connectivity index (χ0v) is 9.70. The van der Waals surface area contributed by atoms with Crippen molar-refractivity contribution < 1.29 is 15.0 Å². The molecule has 0 heterocycles. The monoisotopic (exact) mass is 217 g/mol. The van der Waals surface area contributed by atoms with Gasteiger partial charge in [-0.1, -0.05) is 20.3 Å². The molecule has 0 rings (SSSR count). The van der Waals surface area contributed by atoms with Gasteiger partial charge in [0.25, 0.3) is 0 Å². The Morgan fingerprint density at radius 2 is 1.93 bits per heavy atom. The van der Waals surface area contributed by atoms with Gasteiger partial charge in [-0.05, 0) is 25.3 Å². The summed E-state index contributed by atoms with van der Waals surface area (Å²) in [4.78, 5) is 10.2. The molecule has 90 valence electrons. The highest BCUT2D eigenvalue weighted by Crippen LogP contribution is 2.02. The fourth-order valence-electron chi connectivity index (χ4n) is 1.38. The van der Waals surface area contributed by atoms with Gasteiger partial charge in [0.1, 0.15) is 0 Å². The third kappa shape index (κ3) is 8.39. The molecule has 0 aliphatic heterocycles. The average molecular weight is 217 g/mol. The second-order valence-corrected chi connectivity index (χ2v) is 4.19. The molecule has 0 fully saturated rings. The van der Waals surface area contributed by atoms with E-state index in [1.807, 2.05) is 0 Å². The number of rotatable bonds is 9. The first-order valence-corrected chi connectivity index (χ1v) is 5.64. The third-order valence-corrected chi connectivity index (χ3v) is 2.48. The molecule has 0 aromatic heterocycles. The molecule has 0 amide bonds. The van der Waals surface area contributed by atoms with Crippen molar-refractivity contribution in [2.24, 2.45) is 5.92 Å². The van der Waals surface area contributed by atoms with E-state index in [-0.39, 0.29) is 19.1 Å². The molecule has 0 radical (unpaired) electrons. The summed E-state index contributed by atoms with van der Waals surface area (Å²) in [6, 6.07) is 0.157. The van der Waals surface area contributed by atoms with Gasteiger partial charge in [0.15, 0.2) is 0 Å². The van der Waals surface area contributed by atoms with Crippen LogP contribution in [0.25, 0.3) is 0 Å². The first-order chi connectivity index (χ1) is 7.07. The number of aliphatic hydroxyl groups is 1. The molecule has 4 nitrogen and oxygen atoms in total. The maximum Gasteiger partial charge on any atom is 0.303 e. The molecule has 0 aromatic carbocycles. The summed E-state index contributed by atoms with van der Waals surface area (Å²) in [6.45, 7) is 5.15. The Bertz CT molecular complexity index is 171.